The number of ether oxygens (including phenoxy) is 1. The number of hydrogen-bond acceptors (Lipinski definition) is 7. The summed E-state index contributed by atoms with van der Waals surface area (Å²) in [6.45, 7) is 9.99. The molecule has 34 heavy (non-hydrogen) atoms. The average Bonchev–Trinajstić information content (AvgIpc) is 3.39. The van der Waals surface area contributed by atoms with Gasteiger partial charge in [0, 0.05) is 55.5 Å². The standard InChI is InChI=1S/C23H27F2N7O2/c1-14-9-16-18(28-14)11-17(24)23(22(16)25)33-13-27-21(32-7-5-31(4)6-8-32)12-19(26-3)29-20-10-15(2)34-30-20/h9-12,28H,3,5-8,13H2,1-2,4H3,(H,29,30)/b19-12+,27-21+. The molecule has 0 atom stereocenters. The van der Waals surface area contributed by atoms with Crippen LogP contribution in [0, 0.1) is 25.5 Å². The molecule has 0 saturated carbocycles. The molecule has 1 aromatic carbocycles. The van der Waals surface area contributed by atoms with Gasteiger partial charge in [-0.1, -0.05) is 5.16 Å². The van der Waals surface area contributed by atoms with E-state index in [1.165, 1.54) is 6.07 Å². The van der Waals surface area contributed by atoms with Crippen LogP contribution < -0.4 is 10.1 Å². The number of fused-ring (bicyclic) bond motifs is 1. The van der Waals surface area contributed by atoms with Crippen molar-refractivity contribution in [2.24, 2.45) is 9.98 Å². The number of aromatic nitrogens is 2. The fourth-order valence-electron chi connectivity index (χ4n) is 3.69. The Balaban J connectivity index is 1.58. The molecule has 2 N–H and O–H groups in total. The molecule has 180 valence electrons. The molecule has 0 aliphatic carbocycles. The first-order valence-corrected chi connectivity index (χ1v) is 10.8. The van der Waals surface area contributed by atoms with Gasteiger partial charge in [0.25, 0.3) is 0 Å². The van der Waals surface area contributed by atoms with Crippen molar-refractivity contribution >= 4 is 29.3 Å². The summed E-state index contributed by atoms with van der Waals surface area (Å²) in [5, 5.41) is 7.18. The first-order valence-electron chi connectivity index (χ1n) is 10.8. The number of halogens is 2. The summed E-state index contributed by atoms with van der Waals surface area (Å²) < 4.78 is 39.9. The van der Waals surface area contributed by atoms with Crippen molar-refractivity contribution < 1.29 is 18.0 Å². The Morgan fingerprint density at radius 2 is 2.03 bits per heavy atom. The topological polar surface area (TPSA) is 94.3 Å². The average molecular weight is 472 g/mol. The highest BCUT2D eigenvalue weighted by Crippen LogP contribution is 2.30. The maximum absolute atomic E-state index is 14.9. The number of aromatic amines is 1. The maximum Gasteiger partial charge on any atom is 0.194 e. The lowest BCUT2D eigenvalue weighted by Crippen LogP contribution is -2.47. The first-order chi connectivity index (χ1) is 16.3. The highest BCUT2D eigenvalue weighted by Gasteiger charge is 2.19. The van der Waals surface area contributed by atoms with Gasteiger partial charge in [-0.05, 0) is 33.7 Å². The molecule has 0 unspecified atom stereocenters. The lowest BCUT2D eigenvalue weighted by Gasteiger charge is -2.33. The van der Waals surface area contributed by atoms with E-state index in [-0.39, 0.29) is 12.1 Å². The van der Waals surface area contributed by atoms with Crippen LogP contribution in [0.2, 0.25) is 0 Å². The van der Waals surface area contributed by atoms with Gasteiger partial charge in [0.2, 0.25) is 0 Å². The number of piperazine rings is 1. The van der Waals surface area contributed by atoms with Crippen LogP contribution in [0.4, 0.5) is 14.6 Å². The smallest absolute Gasteiger partial charge is 0.194 e. The van der Waals surface area contributed by atoms with Crippen LogP contribution in [0.5, 0.6) is 5.75 Å². The highest BCUT2D eigenvalue weighted by atomic mass is 19.1. The number of benzene rings is 1. The minimum atomic E-state index is -0.796. The quantitative estimate of drug-likeness (QED) is 0.403. The van der Waals surface area contributed by atoms with Gasteiger partial charge in [0.05, 0.1) is 5.52 Å². The van der Waals surface area contributed by atoms with E-state index in [1.54, 1.807) is 32.1 Å². The molecule has 0 amide bonds. The minimum absolute atomic E-state index is 0.266. The van der Waals surface area contributed by atoms with Gasteiger partial charge in [-0.3, -0.25) is 0 Å². The molecule has 2 aromatic heterocycles. The molecule has 1 aliphatic heterocycles. The highest BCUT2D eigenvalue weighted by molar-refractivity contribution is 5.94. The molecule has 1 saturated heterocycles. The minimum Gasteiger partial charge on any atom is -0.465 e. The van der Waals surface area contributed by atoms with E-state index in [1.807, 2.05) is 7.05 Å². The monoisotopic (exact) mass is 471 g/mol. The molecular formula is C23H27F2N7O2. The number of nitrogens with zero attached hydrogens (tertiary/aromatic N) is 5. The number of likely N-dealkylation sites (N-methyl/N-ethyl adjacent to an activating group) is 1. The van der Waals surface area contributed by atoms with Crippen LogP contribution in [0.25, 0.3) is 10.9 Å². The zero-order valence-electron chi connectivity index (χ0n) is 19.4. The van der Waals surface area contributed by atoms with Crippen LogP contribution in [0.15, 0.2) is 44.6 Å². The predicted molar refractivity (Wildman–Crippen MR) is 127 cm³/mol. The van der Waals surface area contributed by atoms with Crippen molar-refractivity contribution in [3.05, 3.63) is 53.2 Å². The van der Waals surface area contributed by atoms with Crippen molar-refractivity contribution in [3.63, 3.8) is 0 Å². The largest absolute Gasteiger partial charge is 0.465 e. The van der Waals surface area contributed by atoms with E-state index in [2.05, 4.69) is 42.0 Å². The Kier molecular flexibility index (Phi) is 6.92. The molecule has 4 rings (SSSR count). The van der Waals surface area contributed by atoms with E-state index in [4.69, 9.17) is 9.26 Å². The van der Waals surface area contributed by atoms with Gasteiger partial charge >= 0.3 is 0 Å². The van der Waals surface area contributed by atoms with Crippen LogP contribution in [0.3, 0.4) is 0 Å². The van der Waals surface area contributed by atoms with Gasteiger partial charge in [-0.15, -0.1) is 0 Å². The summed E-state index contributed by atoms with van der Waals surface area (Å²) in [5.74, 6) is 0.0404. The van der Waals surface area contributed by atoms with E-state index in [9.17, 15) is 8.78 Å². The second kappa shape index (κ2) is 10.0. The van der Waals surface area contributed by atoms with E-state index in [0.717, 1.165) is 31.9 Å². The molecular weight excluding hydrogens is 444 g/mol. The Morgan fingerprint density at radius 3 is 2.71 bits per heavy atom. The van der Waals surface area contributed by atoms with E-state index >= 15 is 0 Å². The number of hydrogen-bond donors (Lipinski definition) is 2. The van der Waals surface area contributed by atoms with Crippen LogP contribution in [-0.4, -0.2) is 72.5 Å². The molecule has 3 heterocycles. The number of aliphatic imine (C=N–C) groups is 2. The number of nitrogens with one attached hydrogen (secondary N) is 2. The maximum atomic E-state index is 14.9. The van der Waals surface area contributed by atoms with Gasteiger partial charge < -0.3 is 29.4 Å². The summed E-state index contributed by atoms with van der Waals surface area (Å²) in [6, 6.07) is 4.55. The molecule has 11 heteroatoms. The van der Waals surface area contributed by atoms with Crippen molar-refractivity contribution in [1.29, 1.82) is 0 Å². The van der Waals surface area contributed by atoms with Crippen LogP contribution >= 0.6 is 0 Å². The third-order valence-electron chi connectivity index (χ3n) is 5.49. The second-order valence-electron chi connectivity index (χ2n) is 8.13. The third kappa shape index (κ3) is 5.25. The fraction of sp³-hybridized carbons (Fsp3) is 0.348. The van der Waals surface area contributed by atoms with Crippen molar-refractivity contribution in [2.75, 3.05) is 45.3 Å². The fourth-order valence-corrected chi connectivity index (χ4v) is 3.69. The molecule has 3 aromatic rings. The van der Waals surface area contributed by atoms with Crippen LogP contribution in [-0.2, 0) is 0 Å². The van der Waals surface area contributed by atoms with Crippen molar-refractivity contribution in [1.82, 2.24) is 19.9 Å². The van der Waals surface area contributed by atoms with Gasteiger partial charge in [-0.25, -0.2) is 18.8 Å². The van der Waals surface area contributed by atoms with Gasteiger partial charge in [-0.2, -0.15) is 0 Å². The summed E-state index contributed by atoms with van der Waals surface area (Å²) in [5.41, 5.74) is 1.10. The zero-order chi connectivity index (χ0) is 24.2. The normalized spacial score (nSPS) is 15.7. The van der Waals surface area contributed by atoms with E-state index < -0.39 is 17.4 Å². The lowest BCUT2D eigenvalue weighted by molar-refractivity contribution is 0.214. The first kappa shape index (κ1) is 23.4. The Labute approximate surface area is 195 Å². The van der Waals surface area contributed by atoms with E-state index in [0.29, 0.717) is 28.8 Å². The summed E-state index contributed by atoms with van der Waals surface area (Å²) >= 11 is 0. The number of amidine groups is 1. The number of H-pyrrole nitrogens is 1. The molecule has 0 bridgehead atoms. The summed E-state index contributed by atoms with van der Waals surface area (Å²) in [4.78, 5) is 15.7. The predicted octanol–water partition coefficient (Wildman–Crippen LogP) is 3.69. The molecule has 0 spiro atoms. The Hall–Kier alpha value is -3.73. The summed E-state index contributed by atoms with van der Waals surface area (Å²) in [6.07, 6.45) is 1.69. The molecule has 0 radical (unpaired) electrons. The van der Waals surface area contributed by atoms with Gasteiger partial charge in [0.15, 0.2) is 29.9 Å². The van der Waals surface area contributed by atoms with Crippen molar-refractivity contribution in [2.45, 2.75) is 13.8 Å². The molecule has 9 nitrogen and oxygen atoms in total. The number of rotatable bonds is 7. The van der Waals surface area contributed by atoms with Crippen molar-refractivity contribution in [3.8, 4) is 5.75 Å². The Morgan fingerprint density at radius 1 is 1.26 bits per heavy atom. The SMILES string of the molecule is C=N/C(=C\C(=N/COc1c(F)cc2[nH]c(C)cc2c1F)N1CCN(C)CC1)Nc1cc(C)on1. The lowest BCUT2D eigenvalue weighted by atomic mass is 10.2. The Bertz CT molecular complexity index is 1240. The second-order valence-corrected chi connectivity index (χ2v) is 8.13. The molecule has 1 aliphatic rings. The summed E-state index contributed by atoms with van der Waals surface area (Å²) in [7, 11) is 2.04. The van der Waals surface area contributed by atoms with Gasteiger partial charge in [0.1, 0.15) is 17.4 Å². The van der Waals surface area contributed by atoms with Crippen LogP contribution in [0.1, 0.15) is 11.5 Å². The zero-order valence-corrected chi connectivity index (χ0v) is 19.4. The third-order valence-corrected chi connectivity index (χ3v) is 5.49. The number of aryl methyl sites for hydroxylation is 2. The number of anilines is 1. The molecule has 1 fully saturated rings.